The molecule has 0 aromatic rings. The minimum atomic E-state index is -0.828. The van der Waals surface area contributed by atoms with Crippen molar-refractivity contribution in [3.05, 3.63) is 6.92 Å². The lowest BCUT2D eigenvalue weighted by Gasteiger charge is -2.47. The highest BCUT2D eigenvalue weighted by Gasteiger charge is 2.48. The predicted octanol–water partition coefficient (Wildman–Crippen LogP) is 5.95. The zero-order chi connectivity index (χ0) is 23.4. The quantitative estimate of drug-likeness (QED) is 0.124. The van der Waals surface area contributed by atoms with Gasteiger partial charge in [-0.25, -0.2) is 0 Å². The first-order valence-electron chi connectivity index (χ1n) is 12.4. The van der Waals surface area contributed by atoms with Crippen molar-refractivity contribution in [3.8, 4) is 0 Å². The minimum Gasteiger partial charge on any atom is -0.465 e. The van der Waals surface area contributed by atoms with Gasteiger partial charge in [-0.05, 0) is 33.1 Å². The van der Waals surface area contributed by atoms with Gasteiger partial charge in [-0.15, -0.1) is 0 Å². The third-order valence-electron chi connectivity index (χ3n) is 5.62. The molecule has 0 saturated heterocycles. The van der Waals surface area contributed by atoms with Gasteiger partial charge in [0.2, 0.25) is 5.92 Å². The molecule has 0 aliphatic carbocycles. The number of ether oxygens (including phenoxy) is 2. The highest BCUT2D eigenvalue weighted by Crippen LogP contribution is 2.30. The first-order chi connectivity index (χ1) is 14.5. The third-order valence-corrected chi connectivity index (χ3v) is 5.62. The molecule has 0 radical (unpaired) electrons. The third kappa shape index (κ3) is 10.8. The van der Waals surface area contributed by atoms with Crippen LogP contribution < -0.4 is 0 Å². The number of carbonyl (C=O) groups excluding carboxylic acids is 2. The normalized spacial score (nSPS) is 12.2. The molecule has 0 bridgehead atoms. The number of quaternary nitrogens is 1. The highest BCUT2D eigenvalue weighted by atomic mass is 16.6. The fourth-order valence-electron chi connectivity index (χ4n) is 4.18. The summed E-state index contributed by atoms with van der Waals surface area (Å²) in [6, 6.07) is -0.0762. The molecule has 0 N–H and O–H groups in total. The van der Waals surface area contributed by atoms with Gasteiger partial charge in [0.1, 0.15) is 6.04 Å². The number of esters is 2. The van der Waals surface area contributed by atoms with E-state index in [9.17, 15) is 9.59 Å². The second-order valence-corrected chi connectivity index (χ2v) is 7.79. The van der Waals surface area contributed by atoms with Crippen LogP contribution in [0.25, 0.3) is 0 Å². The van der Waals surface area contributed by atoms with Gasteiger partial charge in [0.25, 0.3) is 0 Å². The van der Waals surface area contributed by atoms with Crippen molar-refractivity contribution in [2.75, 3.05) is 32.8 Å². The van der Waals surface area contributed by atoms with Gasteiger partial charge in [0, 0.05) is 6.42 Å². The molecular weight excluding hydrogens is 378 g/mol. The Balaban J connectivity index is 0. The summed E-state index contributed by atoms with van der Waals surface area (Å²) in [6.45, 7) is 20.9. The number of rotatable bonds is 17. The lowest BCUT2D eigenvalue weighted by atomic mass is 9.90. The monoisotopic (exact) mass is 429 g/mol. The van der Waals surface area contributed by atoms with Crippen molar-refractivity contribution in [1.82, 2.24) is 0 Å². The molecule has 0 aliphatic heterocycles. The Morgan fingerprint density at radius 2 is 1.07 bits per heavy atom. The van der Waals surface area contributed by atoms with Crippen molar-refractivity contribution in [2.24, 2.45) is 5.92 Å². The van der Waals surface area contributed by atoms with Crippen molar-refractivity contribution in [1.29, 1.82) is 0 Å². The van der Waals surface area contributed by atoms with Gasteiger partial charge in [0.05, 0.1) is 32.8 Å². The summed E-state index contributed by atoms with van der Waals surface area (Å²) >= 11 is 0. The van der Waals surface area contributed by atoms with Crippen LogP contribution in [-0.2, 0) is 19.1 Å². The number of carbonyl (C=O) groups is 2. The summed E-state index contributed by atoms with van der Waals surface area (Å²) in [5, 5.41) is 0. The maximum Gasteiger partial charge on any atom is 0.326 e. The zero-order valence-electron chi connectivity index (χ0n) is 21.1. The van der Waals surface area contributed by atoms with Gasteiger partial charge in [0.15, 0.2) is 0 Å². The van der Waals surface area contributed by atoms with Crippen molar-refractivity contribution in [3.63, 3.8) is 0 Å². The molecule has 0 spiro atoms. The summed E-state index contributed by atoms with van der Waals surface area (Å²) in [5.41, 5.74) is 0. The molecule has 0 amide bonds. The van der Waals surface area contributed by atoms with E-state index in [1.165, 1.54) is 0 Å². The average Bonchev–Trinajstić information content (AvgIpc) is 2.75. The Kier molecular flexibility index (Phi) is 20.6. The van der Waals surface area contributed by atoms with Crippen LogP contribution in [0.15, 0.2) is 0 Å². The lowest BCUT2D eigenvalue weighted by molar-refractivity contribution is -0.954. The maximum absolute atomic E-state index is 12.9. The van der Waals surface area contributed by atoms with E-state index >= 15 is 0 Å². The SMILES string of the molecule is CCCC[N+](CCCC)(CCCC)C(CCC)C(C(=O)OCC)C(=O)OCC.[CH2-]C. The van der Waals surface area contributed by atoms with E-state index in [1.54, 1.807) is 20.8 Å². The van der Waals surface area contributed by atoms with Crippen LogP contribution in [0.1, 0.15) is 99.8 Å². The molecule has 5 nitrogen and oxygen atoms in total. The Morgan fingerprint density at radius 3 is 1.33 bits per heavy atom. The minimum absolute atomic E-state index is 0.0762. The molecule has 1 unspecified atom stereocenters. The molecule has 0 heterocycles. The van der Waals surface area contributed by atoms with Crippen LogP contribution in [-0.4, -0.2) is 55.3 Å². The molecule has 0 aliphatic rings. The molecule has 5 heteroatoms. The topological polar surface area (TPSA) is 52.6 Å². The van der Waals surface area contributed by atoms with Crippen molar-refractivity contribution < 1.29 is 23.5 Å². The smallest absolute Gasteiger partial charge is 0.326 e. The number of nitrogens with zero attached hydrogens (tertiary/aromatic N) is 1. The van der Waals surface area contributed by atoms with Gasteiger partial charge < -0.3 is 20.9 Å². The maximum atomic E-state index is 12.9. The molecule has 180 valence electrons. The van der Waals surface area contributed by atoms with Crippen molar-refractivity contribution >= 4 is 11.9 Å². The highest BCUT2D eigenvalue weighted by molar-refractivity contribution is 5.95. The molecular formula is C25H51NO4. The van der Waals surface area contributed by atoms with Crippen LogP contribution in [0.5, 0.6) is 0 Å². The Labute approximate surface area is 187 Å². The average molecular weight is 430 g/mol. The van der Waals surface area contributed by atoms with E-state index in [4.69, 9.17) is 9.47 Å². The summed E-state index contributed by atoms with van der Waals surface area (Å²) in [6.07, 6.45) is 8.41. The van der Waals surface area contributed by atoms with Crippen molar-refractivity contribution in [2.45, 2.75) is 106 Å². The second-order valence-electron chi connectivity index (χ2n) is 7.79. The summed E-state index contributed by atoms with van der Waals surface area (Å²) in [7, 11) is 0. The predicted molar refractivity (Wildman–Crippen MR) is 126 cm³/mol. The fourth-order valence-corrected chi connectivity index (χ4v) is 4.18. The largest absolute Gasteiger partial charge is 0.465 e. The molecule has 0 aromatic carbocycles. The second kappa shape index (κ2) is 19.8. The van der Waals surface area contributed by atoms with Crippen LogP contribution in [0, 0.1) is 12.8 Å². The Hall–Kier alpha value is -1.10. The summed E-state index contributed by atoms with van der Waals surface area (Å²) in [4.78, 5) is 25.8. The van der Waals surface area contributed by atoms with Crippen LogP contribution in [0.2, 0.25) is 0 Å². The molecule has 0 saturated carbocycles. The first kappa shape index (κ1) is 31.1. The molecule has 0 fully saturated rings. The molecule has 1 atom stereocenters. The number of hydrogen-bond acceptors (Lipinski definition) is 4. The van der Waals surface area contributed by atoms with Crippen LogP contribution in [0.3, 0.4) is 0 Å². The van der Waals surface area contributed by atoms with Gasteiger partial charge in [-0.1, -0.05) is 53.4 Å². The van der Waals surface area contributed by atoms with Crippen LogP contribution >= 0.6 is 0 Å². The standard InChI is InChI=1S/C23H46NO4.C2H5/c1-7-13-17-24(18-14-8-2,19-15-9-3)20(16-10-4)21(22(25)27-11-5)23(26)28-12-6;1-2/h20-21H,7-19H2,1-6H3;1H2,2H3/q+1;-1. The van der Waals surface area contributed by atoms with E-state index in [-0.39, 0.29) is 19.3 Å². The number of hydrogen-bond donors (Lipinski definition) is 0. The van der Waals surface area contributed by atoms with E-state index in [1.807, 2.05) is 0 Å². The van der Waals surface area contributed by atoms with Crippen LogP contribution in [0.4, 0.5) is 0 Å². The van der Waals surface area contributed by atoms with Gasteiger partial charge >= 0.3 is 11.9 Å². The number of unbranched alkanes of at least 4 members (excludes halogenated alkanes) is 3. The molecule has 0 rings (SSSR count). The fraction of sp³-hybridized carbons (Fsp3) is 0.880. The zero-order valence-corrected chi connectivity index (χ0v) is 21.1. The Bertz CT molecular complexity index is 386. The molecule has 0 aromatic heterocycles. The van der Waals surface area contributed by atoms with E-state index in [0.717, 1.165) is 75.5 Å². The lowest BCUT2D eigenvalue weighted by Crippen LogP contribution is -2.62. The summed E-state index contributed by atoms with van der Waals surface area (Å²) in [5.74, 6) is -1.65. The van der Waals surface area contributed by atoms with E-state index in [0.29, 0.717) is 0 Å². The molecule has 30 heavy (non-hydrogen) atoms. The Morgan fingerprint density at radius 1 is 0.700 bits per heavy atom. The summed E-state index contributed by atoms with van der Waals surface area (Å²) < 4.78 is 11.6. The van der Waals surface area contributed by atoms with Gasteiger partial charge in [-0.2, -0.15) is 6.92 Å². The van der Waals surface area contributed by atoms with E-state index < -0.39 is 17.9 Å². The van der Waals surface area contributed by atoms with Gasteiger partial charge in [-0.3, -0.25) is 9.59 Å². The first-order valence-corrected chi connectivity index (χ1v) is 12.4. The van der Waals surface area contributed by atoms with E-state index in [2.05, 4.69) is 34.6 Å².